The Hall–Kier alpha value is -2.37. The number of anilines is 1. The first kappa shape index (κ1) is 17.0. The summed E-state index contributed by atoms with van der Waals surface area (Å²) >= 11 is 0. The van der Waals surface area contributed by atoms with E-state index >= 15 is 0 Å². The monoisotopic (exact) mass is 318 g/mol. The minimum absolute atomic E-state index is 0.000722. The van der Waals surface area contributed by atoms with Gasteiger partial charge in [0.1, 0.15) is 6.54 Å². The van der Waals surface area contributed by atoms with Crippen molar-refractivity contribution in [3.05, 3.63) is 30.3 Å². The summed E-state index contributed by atoms with van der Waals surface area (Å²) in [7, 11) is 0. The Labute approximate surface area is 135 Å². The van der Waals surface area contributed by atoms with E-state index in [1.165, 1.54) is 4.90 Å². The molecule has 6 nitrogen and oxygen atoms in total. The van der Waals surface area contributed by atoms with Crippen LogP contribution in [0.2, 0.25) is 0 Å². The molecule has 1 fully saturated rings. The topological polar surface area (TPSA) is 86.7 Å². The molecule has 1 aliphatic rings. The van der Waals surface area contributed by atoms with E-state index in [0.29, 0.717) is 5.69 Å². The fourth-order valence-corrected chi connectivity index (χ4v) is 2.79. The molecule has 0 unspecified atom stereocenters. The molecule has 2 amide bonds. The van der Waals surface area contributed by atoms with Gasteiger partial charge >= 0.3 is 5.97 Å². The van der Waals surface area contributed by atoms with Crippen molar-refractivity contribution in [2.45, 2.75) is 44.6 Å². The summed E-state index contributed by atoms with van der Waals surface area (Å²) in [4.78, 5) is 36.4. The molecule has 2 rings (SSSR count). The van der Waals surface area contributed by atoms with Gasteiger partial charge in [0.05, 0.1) is 0 Å². The molecular formula is C17H22N2O4. The Balaban J connectivity index is 1.89. The SMILES string of the molecule is O=C(O)CN(C(=O)CCC(=O)NC1CCCC1)c1ccccc1. The average molecular weight is 318 g/mol. The molecule has 0 spiro atoms. The molecule has 0 radical (unpaired) electrons. The molecule has 1 aromatic carbocycles. The van der Waals surface area contributed by atoms with Crippen molar-refractivity contribution < 1.29 is 19.5 Å². The average Bonchev–Trinajstić information content (AvgIpc) is 3.04. The molecule has 1 saturated carbocycles. The second-order valence-electron chi connectivity index (χ2n) is 5.76. The lowest BCUT2D eigenvalue weighted by Gasteiger charge is -2.21. The highest BCUT2D eigenvalue weighted by Gasteiger charge is 2.21. The number of amides is 2. The van der Waals surface area contributed by atoms with Crippen LogP contribution < -0.4 is 10.2 Å². The van der Waals surface area contributed by atoms with Crippen LogP contribution in [-0.4, -0.2) is 35.5 Å². The van der Waals surface area contributed by atoms with Crippen molar-refractivity contribution in [3.63, 3.8) is 0 Å². The Morgan fingerprint density at radius 1 is 1.09 bits per heavy atom. The third kappa shape index (κ3) is 5.39. The van der Waals surface area contributed by atoms with Gasteiger partial charge in [-0.25, -0.2) is 0 Å². The standard InChI is InChI=1S/C17H22N2O4/c20-15(18-13-6-4-5-7-13)10-11-16(21)19(12-17(22)23)14-8-2-1-3-9-14/h1-3,8-9,13H,4-7,10-12H2,(H,18,20)(H,22,23). The van der Waals surface area contributed by atoms with E-state index in [9.17, 15) is 14.4 Å². The molecule has 0 aromatic heterocycles. The number of carboxylic acids is 1. The highest BCUT2D eigenvalue weighted by molar-refractivity contribution is 5.98. The third-order valence-corrected chi connectivity index (χ3v) is 3.95. The Morgan fingerprint density at radius 3 is 2.35 bits per heavy atom. The number of nitrogens with one attached hydrogen (secondary N) is 1. The van der Waals surface area contributed by atoms with Gasteiger partial charge in [0.2, 0.25) is 11.8 Å². The smallest absolute Gasteiger partial charge is 0.323 e. The van der Waals surface area contributed by atoms with Crippen LogP contribution >= 0.6 is 0 Å². The number of carboxylic acid groups (broad SMARTS) is 1. The summed E-state index contributed by atoms with van der Waals surface area (Å²) in [6, 6.07) is 8.86. The molecule has 0 atom stereocenters. The Kier molecular flexibility index (Phi) is 6.14. The number of hydrogen-bond donors (Lipinski definition) is 2. The van der Waals surface area contributed by atoms with Crippen LogP contribution in [0.3, 0.4) is 0 Å². The van der Waals surface area contributed by atoms with Gasteiger partial charge in [-0.1, -0.05) is 31.0 Å². The molecule has 124 valence electrons. The van der Waals surface area contributed by atoms with Gasteiger partial charge in [-0.2, -0.15) is 0 Å². The fraction of sp³-hybridized carbons (Fsp3) is 0.471. The molecule has 1 aliphatic carbocycles. The number of carbonyl (C=O) groups excluding carboxylic acids is 2. The number of rotatable bonds is 7. The summed E-state index contributed by atoms with van der Waals surface area (Å²) in [6.07, 6.45) is 4.33. The van der Waals surface area contributed by atoms with Gasteiger partial charge in [-0.3, -0.25) is 14.4 Å². The second kappa shape index (κ2) is 8.31. The predicted molar refractivity (Wildman–Crippen MR) is 86.1 cm³/mol. The highest BCUT2D eigenvalue weighted by atomic mass is 16.4. The summed E-state index contributed by atoms with van der Waals surface area (Å²) in [6.45, 7) is -0.410. The molecule has 6 heteroatoms. The first-order chi connectivity index (χ1) is 11.1. The molecule has 0 heterocycles. The Bertz CT molecular complexity index is 553. The number of hydrogen-bond acceptors (Lipinski definition) is 3. The van der Waals surface area contributed by atoms with Crippen LogP contribution in [0.1, 0.15) is 38.5 Å². The van der Waals surface area contributed by atoms with Crippen LogP contribution in [0, 0.1) is 0 Å². The first-order valence-corrected chi connectivity index (χ1v) is 7.93. The van der Waals surface area contributed by atoms with E-state index < -0.39 is 12.5 Å². The molecular weight excluding hydrogens is 296 g/mol. The zero-order valence-corrected chi connectivity index (χ0v) is 13.0. The van der Waals surface area contributed by atoms with Crippen molar-refractivity contribution in [1.29, 1.82) is 0 Å². The number of carbonyl (C=O) groups is 3. The Morgan fingerprint density at radius 2 is 1.74 bits per heavy atom. The van der Waals surface area contributed by atoms with Crippen molar-refractivity contribution >= 4 is 23.5 Å². The summed E-state index contributed by atoms with van der Waals surface area (Å²) in [5.74, 6) is -1.59. The third-order valence-electron chi connectivity index (χ3n) is 3.95. The van der Waals surface area contributed by atoms with Gasteiger partial charge < -0.3 is 15.3 Å². The van der Waals surface area contributed by atoms with Crippen LogP contribution in [-0.2, 0) is 14.4 Å². The van der Waals surface area contributed by atoms with Crippen LogP contribution in [0.25, 0.3) is 0 Å². The minimum atomic E-state index is -1.09. The maximum Gasteiger partial charge on any atom is 0.323 e. The van der Waals surface area contributed by atoms with Crippen molar-refractivity contribution in [2.75, 3.05) is 11.4 Å². The molecule has 23 heavy (non-hydrogen) atoms. The van der Waals surface area contributed by atoms with E-state index in [1.807, 2.05) is 0 Å². The number of para-hydroxylation sites is 1. The molecule has 2 N–H and O–H groups in total. The quantitative estimate of drug-likeness (QED) is 0.804. The van der Waals surface area contributed by atoms with E-state index in [0.717, 1.165) is 25.7 Å². The fourth-order valence-electron chi connectivity index (χ4n) is 2.79. The lowest BCUT2D eigenvalue weighted by Crippen LogP contribution is -2.37. The van der Waals surface area contributed by atoms with Gasteiger partial charge in [-0.15, -0.1) is 0 Å². The maximum absolute atomic E-state index is 12.3. The molecule has 0 bridgehead atoms. The van der Waals surface area contributed by atoms with E-state index in [-0.39, 0.29) is 30.7 Å². The van der Waals surface area contributed by atoms with Crippen molar-refractivity contribution in [2.24, 2.45) is 0 Å². The van der Waals surface area contributed by atoms with Gasteiger partial charge in [-0.05, 0) is 25.0 Å². The minimum Gasteiger partial charge on any atom is -0.480 e. The molecule has 0 aliphatic heterocycles. The lowest BCUT2D eigenvalue weighted by atomic mass is 10.2. The summed E-state index contributed by atoms with van der Waals surface area (Å²) in [5.41, 5.74) is 0.524. The summed E-state index contributed by atoms with van der Waals surface area (Å²) in [5, 5.41) is 11.9. The molecule has 1 aromatic rings. The van der Waals surface area contributed by atoms with Crippen LogP contribution in [0.15, 0.2) is 30.3 Å². The van der Waals surface area contributed by atoms with E-state index in [1.54, 1.807) is 30.3 Å². The zero-order chi connectivity index (χ0) is 16.7. The molecule has 0 saturated heterocycles. The van der Waals surface area contributed by atoms with E-state index in [4.69, 9.17) is 5.11 Å². The van der Waals surface area contributed by atoms with Gasteiger partial charge in [0, 0.05) is 24.6 Å². The highest BCUT2D eigenvalue weighted by Crippen LogP contribution is 2.18. The first-order valence-electron chi connectivity index (χ1n) is 7.93. The maximum atomic E-state index is 12.3. The van der Waals surface area contributed by atoms with Crippen LogP contribution in [0.5, 0.6) is 0 Å². The van der Waals surface area contributed by atoms with Gasteiger partial charge in [0.25, 0.3) is 0 Å². The number of aliphatic carboxylic acids is 1. The summed E-state index contributed by atoms with van der Waals surface area (Å²) < 4.78 is 0. The number of benzene rings is 1. The normalized spacial score (nSPS) is 14.4. The second-order valence-corrected chi connectivity index (χ2v) is 5.76. The lowest BCUT2D eigenvalue weighted by molar-refractivity contribution is -0.136. The van der Waals surface area contributed by atoms with Crippen molar-refractivity contribution in [1.82, 2.24) is 5.32 Å². The predicted octanol–water partition coefficient (Wildman–Crippen LogP) is 1.94. The number of nitrogens with zero attached hydrogens (tertiary/aromatic N) is 1. The largest absolute Gasteiger partial charge is 0.480 e. The van der Waals surface area contributed by atoms with Crippen molar-refractivity contribution in [3.8, 4) is 0 Å². The van der Waals surface area contributed by atoms with Gasteiger partial charge in [0.15, 0.2) is 0 Å². The van der Waals surface area contributed by atoms with E-state index in [2.05, 4.69) is 5.32 Å². The zero-order valence-electron chi connectivity index (χ0n) is 13.0. The van der Waals surface area contributed by atoms with Crippen LogP contribution in [0.4, 0.5) is 5.69 Å².